The number of rotatable bonds is 3. The molecule has 0 aromatic heterocycles. The van der Waals surface area contributed by atoms with E-state index >= 15 is 0 Å². The van der Waals surface area contributed by atoms with Crippen LogP contribution >= 0.6 is 11.6 Å². The quantitative estimate of drug-likeness (QED) is 0.521. The van der Waals surface area contributed by atoms with Crippen LogP contribution in [0.15, 0.2) is 35.3 Å². The molecule has 0 fully saturated rings. The molecule has 0 aliphatic rings. The third kappa shape index (κ3) is 3.20. The van der Waals surface area contributed by atoms with Gasteiger partial charge in [0.25, 0.3) is 0 Å². The fourth-order valence-electron chi connectivity index (χ4n) is 1.99. The number of aryl methyl sites for hydroxylation is 2. The number of nitrogens with zero attached hydrogens (tertiary/aromatic N) is 2. The Morgan fingerprint density at radius 2 is 1.90 bits per heavy atom. The second-order valence-electron chi connectivity index (χ2n) is 4.62. The number of halogens is 1. The highest BCUT2D eigenvalue weighted by Gasteiger charge is 2.17. The van der Waals surface area contributed by atoms with Gasteiger partial charge in [0.2, 0.25) is 5.75 Å². The van der Waals surface area contributed by atoms with Crippen molar-refractivity contribution in [3.05, 3.63) is 62.2 Å². The molecule has 0 bridgehead atoms. The second kappa shape index (κ2) is 5.93. The first-order valence-corrected chi connectivity index (χ1v) is 6.55. The fraction of sp³-hybridized carbons (Fsp3) is 0.133. The van der Waals surface area contributed by atoms with Crippen molar-refractivity contribution >= 4 is 29.2 Å². The number of hydrogen-bond acceptors (Lipinski definition) is 4. The van der Waals surface area contributed by atoms with Crippen LogP contribution in [0.5, 0.6) is 5.75 Å². The minimum Gasteiger partial charge on any atom is -0.502 e. The Morgan fingerprint density at radius 1 is 1.29 bits per heavy atom. The molecule has 0 aliphatic heterocycles. The third-order valence-electron chi connectivity index (χ3n) is 3.05. The van der Waals surface area contributed by atoms with Crippen molar-refractivity contribution in [3.8, 4) is 5.75 Å². The topological polar surface area (TPSA) is 75.7 Å². The molecule has 2 aromatic rings. The number of benzene rings is 2. The monoisotopic (exact) mass is 304 g/mol. The van der Waals surface area contributed by atoms with Crippen LogP contribution in [0.2, 0.25) is 5.02 Å². The lowest BCUT2D eigenvalue weighted by Crippen LogP contribution is -1.93. The Hall–Kier alpha value is -2.40. The van der Waals surface area contributed by atoms with Crippen molar-refractivity contribution in [1.82, 2.24) is 0 Å². The first-order valence-electron chi connectivity index (χ1n) is 6.17. The minimum atomic E-state index is -0.683. The van der Waals surface area contributed by atoms with Gasteiger partial charge in [-0.05, 0) is 31.0 Å². The summed E-state index contributed by atoms with van der Waals surface area (Å²) in [4.78, 5) is 14.5. The Morgan fingerprint density at radius 3 is 2.48 bits per heavy atom. The van der Waals surface area contributed by atoms with Crippen molar-refractivity contribution in [3.63, 3.8) is 0 Å². The molecule has 2 aromatic carbocycles. The number of phenolic OH excluding ortho intramolecular Hbond substituents is 1. The molecule has 0 amide bonds. The molecule has 21 heavy (non-hydrogen) atoms. The van der Waals surface area contributed by atoms with Gasteiger partial charge in [-0.15, -0.1) is 0 Å². The van der Waals surface area contributed by atoms with Crippen LogP contribution in [0.1, 0.15) is 16.7 Å². The predicted molar refractivity (Wildman–Crippen MR) is 82.9 cm³/mol. The van der Waals surface area contributed by atoms with Crippen LogP contribution < -0.4 is 0 Å². The fourth-order valence-corrected chi connectivity index (χ4v) is 2.21. The van der Waals surface area contributed by atoms with Crippen LogP contribution in [0.3, 0.4) is 0 Å². The molecule has 2 rings (SSSR count). The number of phenols is 1. The molecule has 0 saturated carbocycles. The van der Waals surface area contributed by atoms with Crippen LogP contribution in [0.4, 0.5) is 11.4 Å². The van der Waals surface area contributed by atoms with Gasteiger partial charge in [0, 0.05) is 22.9 Å². The molecule has 0 unspecified atom stereocenters. The van der Waals surface area contributed by atoms with E-state index < -0.39 is 16.4 Å². The molecular formula is C15H13ClN2O3. The van der Waals surface area contributed by atoms with Crippen molar-refractivity contribution in [2.45, 2.75) is 13.8 Å². The Bertz CT molecular complexity index is 722. The van der Waals surface area contributed by atoms with Gasteiger partial charge in [0.1, 0.15) is 0 Å². The lowest BCUT2D eigenvalue weighted by atomic mass is 10.1. The molecule has 1 N–H and O–H groups in total. The normalized spacial score (nSPS) is 11.0. The predicted octanol–water partition coefficient (Wildman–Crippen LogP) is 4.32. The van der Waals surface area contributed by atoms with Gasteiger partial charge in [-0.1, -0.05) is 29.8 Å². The summed E-state index contributed by atoms with van der Waals surface area (Å²) in [6.45, 7) is 3.83. The van der Waals surface area contributed by atoms with E-state index in [2.05, 4.69) is 4.99 Å². The Kier molecular flexibility index (Phi) is 4.23. The van der Waals surface area contributed by atoms with Gasteiger partial charge in [-0.2, -0.15) is 0 Å². The van der Waals surface area contributed by atoms with E-state index in [1.54, 1.807) is 0 Å². The summed E-state index contributed by atoms with van der Waals surface area (Å²) in [7, 11) is 0. The van der Waals surface area contributed by atoms with Crippen molar-refractivity contribution < 1.29 is 10.0 Å². The van der Waals surface area contributed by atoms with Crippen LogP contribution in [-0.4, -0.2) is 16.2 Å². The average molecular weight is 305 g/mol. The highest BCUT2D eigenvalue weighted by molar-refractivity contribution is 6.31. The molecule has 5 nitrogen and oxygen atoms in total. The number of nitro groups is 1. The second-order valence-corrected chi connectivity index (χ2v) is 5.05. The molecular weight excluding hydrogens is 292 g/mol. The van der Waals surface area contributed by atoms with Crippen LogP contribution in [0, 0.1) is 24.0 Å². The standard InChI is InChI=1S/C15H13ClN2O3/c1-9-4-3-5-10(2)14(9)17-8-11-6-12(16)7-13(15(11)19)18(20)21/h3-8,19H,1-2H3. The molecule has 0 radical (unpaired) electrons. The molecule has 0 saturated heterocycles. The number of nitro benzene ring substituents is 1. The van der Waals surface area contributed by atoms with E-state index in [4.69, 9.17) is 11.6 Å². The van der Waals surface area contributed by atoms with Crippen LogP contribution in [0.25, 0.3) is 0 Å². The van der Waals surface area contributed by atoms with Crippen LogP contribution in [-0.2, 0) is 0 Å². The van der Waals surface area contributed by atoms with E-state index in [0.29, 0.717) is 0 Å². The number of para-hydroxylation sites is 1. The van der Waals surface area contributed by atoms with Gasteiger partial charge >= 0.3 is 5.69 Å². The van der Waals surface area contributed by atoms with Crippen molar-refractivity contribution in [2.24, 2.45) is 4.99 Å². The summed E-state index contributed by atoms with van der Waals surface area (Å²) in [5.74, 6) is -0.445. The summed E-state index contributed by atoms with van der Waals surface area (Å²) >= 11 is 5.83. The zero-order valence-corrected chi connectivity index (χ0v) is 12.3. The first-order chi connectivity index (χ1) is 9.90. The van der Waals surface area contributed by atoms with E-state index in [1.165, 1.54) is 12.3 Å². The highest BCUT2D eigenvalue weighted by atomic mass is 35.5. The van der Waals surface area contributed by atoms with Crippen molar-refractivity contribution in [2.75, 3.05) is 0 Å². The summed E-state index contributed by atoms with van der Waals surface area (Å²) in [5.41, 5.74) is 2.48. The number of hydrogen-bond donors (Lipinski definition) is 1. The maximum absolute atomic E-state index is 10.9. The minimum absolute atomic E-state index is 0.169. The summed E-state index contributed by atoms with van der Waals surface area (Å²) < 4.78 is 0. The highest BCUT2D eigenvalue weighted by Crippen LogP contribution is 2.33. The van der Waals surface area contributed by atoms with Gasteiger partial charge < -0.3 is 5.11 Å². The Balaban J connectivity index is 2.49. The number of aliphatic imine (C=N–C) groups is 1. The maximum Gasteiger partial charge on any atom is 0.312 e. The first kappa shape index (κ1) is 15.0. The van der Waals surface area contributed by atoms with Gasteiger partial charge in [-0.25, -0.2) is 0 Å². The van der Waals surface area contributed by atoms with E-state index in [0.717, 1.165) is 22.9 Å². The van der Waals surface area contributed by atoms with Gasteiger partial charge in [0.15, 0.2) is 0 Å². The van der Waals surface area contributed by atoms with Gasteiger partial charge in [0.05, 0.1) is 10.6 Å². The zero-order chi connectivity index (χ0) is 15.6. The lowest BCUT2D eigenvalue weighted by molar-refractivity contribution is -0.385. The van der Waals surface area contributed by atoms with E-state index in [1.807, 2.05) is 32.0 Å². The average Bonchev–Trinajstić information content (AvgIpc) is 2.41. The SMILES string of the molecule is Cc1cccc(C)c1N=Cc1cc(Cl)cc([N+](=O)[O-])c1O. The summed E-state index contributed by atoms with van der Waals surface area (Å²) in [5, 5.41) is 20.9. The largest absolute Gasteiger partial charge is 0.502 e. The van der Waals surface area contributed by atoms with Gasteiger partial charge in [-0.3, -0.25) is 15.1 Å². The summed E-state index contributed by atoms with van der Waals surface area (Å²) in [6, 6.07) is 8.29. The molecule has 0 heterocycles. The zero-order valence-electron chi connectivity index (χ0n) is 11.5. The van der Waals surface area contributed by atoms with E-state index in [-0.39, 0.29) is 10.6 Å². The summed E-state index contributed by atoms with van der Waals surface area (Å²) in [6.07, 6.45) is 1.38. The Labute approximate surface area is 126 Å². The molecule has 0 atom stereocenters. The van der Waals surface area contributed by atoms with Crippen molar-refractivity contribution in [1.29, 1.82) is 0 Å². The van der Waals surface area contributed by atoms with E-state index in [9.17, 15) is 15.2 Å². The molecule has 0 spiro atoms. The molecule has 108 valence electrons. The lowest BCUT2D eigenvalue weighted by Gasteiger charge is -2.05. The smallest absolute Gasteiger partial charge is 0.312 e. The molecule has 6 heteroatoms. The maximum atomic E-state index is 10.9. The third-order valence-corrected chi connectivity index (χ3v) is 3.27. The molecule has 0 aliphatic carbocycles. The number of aromatic hydroxyl groups is 1.